The zero-order chi connectivity index (χ0) is 17.3. The molecule has 1 aromatic carbocycles. The van der Waals surface area contributed by atoms with Crippen LogP contribution in [0.3, 0.4) is 0 Å². The monoisotopic (exact) mass is 332 g/mol. The quantitative estimate of drug-likeness (QED) is 0.897. The molecule has 1 atom stereocenters. The molecule has 1 aliphatic heterocycles. The van der Waals surface area contributed by atoms with Crippen LogP contribution in [0.5, 0.6) is 5.75 Å². The van der Waals surface area contributed by atoms with Crippen molar-refractivity contribution in [1.29, 1.82) is 0 Å². The van der Waals surface area contributed by atoms with Crippen molar-refractivity contribution in [1.82, 2.24) is 10.2 Å². The molecule has 24 heavy (non-hydrogen) atoms. The average Bonchev–Trinajstić information content (AvgIpc) is 3.14. The number of carbonyl (C=O) groups excluding carboxylic acids is 1. The molecule has 2 N–H and O–H groups in total. The molecule has 1 aromatic heterocycles. The highest BCUT2D eigenvalue weighted by Gasteiger charge is 2.42. The smallest absolute Gasteiger partial charge is 0.317 e. The van der Waals surface area contributed by atoms with Crippen molar-refractivity contribution in [2.24, 2.45) is 5.41 Å². The van der Waals surface area contributed by atoms with Crippen LogP contribution in [0.25, 0.3) is 11.0 Å². The lowest BCUT2D eigenvalue weighted by Gasteiger charge is -2.20. The number of carboxylic acid groups (broad SMARTS) is 1. The van der Waals surface area contributed by atoms with Crippen LogP contribution in [0.15, 0.2) is 28.7 Å². The lowest BCUT2D eigenvalue weighted by Crippen LogP contribution is -2.40. The van der Waals surface area contributed by atoms with Crippen molar-refractivity contribution >= 4 is 23.0 Å². The number of aliphatic carboxylic acids is 1. The molecule has 7 nitrogen and oxygen atoms in total. The van der Waals surface area contributed by atoms with Crippen LogP contribution in [0.4, 0.5) is 4.79 Å². The highest BCUT2D eigenvalue weighted by atomic mass is 16.5. The number of nitrogens with zero attached hydrogens (tertiary/aromatic N) is 1. The van der Waals surface area contributed by atoms with Gasteiger partial charge in [0, 0.05) is 13.1 Å². The van der Waals surface area contributed by atoms with Gasteiger partial charge in [0.05, 0.1) is 24.5 Å². The Kier molecular flexibility index (Phi) is 4.09. The zero-order valence-electron chi connectivity index (χ0n) is 13.7. The first-order valence-electron chi connectivity index (χ1n) is 7.75. The van der Waals surface area contributed by atoms with Crippen molar-refractivity contribution in [2.75, 3.05) is 20.2 Å². The fourth-order valence-corrected chi connectivity index (χ4v) is 2.99. The molecular weight excluding hydrogens is 312 g/mol. The summed E-state index contributed by atoms with van der Waals surface area (Å²) in [4.78, 5) is 25.1. The van der Waals surface area contributed by atoms with E-state index in [-0.39, 0.29) is 19.1 Å². The maximum absolute atomic E-state index is 12.3. The van der Waals surface area contributed by atoms with Crippen LogP contribution in [0, 0.1) is 5.41 Å². The Balaban J connectivity index is 1.68. The van der Waals surface area contributed by atoms with Gasteiger partial charge in [-0.05, 0) is 25.5 Å². The van der Waals surface area contributed by atoms with Gasteiger partial charge in [0.25, 0.3) is 0 Å². The second kappa shape index (κ2) is 6.07. The highest BCUT2D eigenvalue weighted by Crippen LogP contribution is 2.33. The topological polar surface area (TPSA) is 92.0 Å². The van der Waals surface area contributed by atoms with Crippen LogP contribution in [0.2, 0.25) is 0 Å². The predicted octanol–water partition coefficient (Wildman–Crippen LogP) is 2.45. The number of carboxylic acids is 1. The van der Waals surface area contributed by atoms with Crippen molar-refractivity contribution in [3.05, 3.63) is 30.0 Å². The number of nitrogens with one attached hydrogen (secondary N) is 1. The molecule has 128 valence electrons. The Morgan fingerprint density at radius 3 is 2.83 bits per heavy atom. The minimum absolute atomic E-state index is 0.178. The average molecular weight is 332 g/mol. The number of fused-ring (bicyclic) bond motifs is 1. The van der Waals surface area contributed by atoms with Crippen molar-refractivity contribution in [2.45, 2.75) is 19.9 Å². The van der Waals surface area contributed by atoms with Crippen LogP contribution in [-0.4, -0.2) is 42.2 Å². The second-order valence-electron chi connectivity index (χ2n) is 6.25. The molecule has 2 aromatic rings. The molecule has 1 saturated heterocycles. The third-order valence-corrected chi connectivity index (χ3v) is 4.50. The van der Waals surface area contributed by atoms with Gasteiger partial charge < -0.3 is 24.5 Å². The molecule has 0 aliphatic carbocycles. The largest absolute Gasteiger partial charge is 0.492 e. The summed E-state index contributed by atoms with van der Waals surface area (Å²) >= 11 is 0. The predicted molar refractivity (Wildman–Crippen MR) is 86.9 cm³/mol. The minimum atomic E-state index is -0.881. The van der Waals surface area contributed by atoms with E-state index in [1.807, 2.05) is 24.3 Å². The molecule has 0 radical (unpaired) electrons. The number of hydrogen-bond donors (Lipinski definition) is 2. The van der Waals surface area contributed by atoms with E-state index in [1.165, 1.54) is 4.90 Å². The maximum Gasteiger partial charge on any atom is 0.317 e. The molecule has 1 aliphatic rings. The van der Waals surface area contributed by atoms with Gasteiger partial charge in [-0.15, -0.1) is 0 Å². The van der Waals surface area contributed by atoms with Gasteiger partial charge in [-0.25, -0.2) is 4.79 Å². The van der Waals surface area contributed by atoms with Crippen LogP contribution in [-0.2, 0) is 11.3 Å². The number of rotatable bonds is 4. The van der Waals surface area contributed by atoms with Crippen LogP contribution >= 0.6 is 0 Å². The molecule has 0 spiro atoms. The number of hydrogen-bond acceptors (Lipinski definition) is 4. The van der Waals surface area contributed by atoms with E-state index in [4.69, 9.17) is 9.15 Å². The van der Waals surface area contributed by atoms with Gasteiger partial charge >= 0.3 is 12.0 Å². The number of urea groups is 1. The Labute approximate surface area is 139 Å². The first kappa shape index (κ1) is 16.2. The van der Waals surface area contributed by atoms with Crippen molar-refractivity contribution in [3.63, 3.8) is 0 Å². The SMILES string of the molecule is COc1c(CNC(=O)N2CCC(C)(C(=O)O)C2)oc2ccccc12. The summed E-state index contributed by atoms with van der Waals surface area (Å²) < 4.78 is 11.1. The number of likely N-dealkylation sites (tertiary alicyclic amines) is 1. The number of methoxy groups -OCH3 is 1. The number of carbonyl (C=O) groups is 2. The molecule has 2 amide bonds. The normalized spacial score (nSPS) is 20.3. The van der Waals surface area contributed by atoms with Crippen molar-refractivity contribution in [3.8, 4) is 5.75 Å². The van der Waals surface area contributed by atoms with E-state index in [0.717, 1.165) is 5.39 Å². The molecule has 2 heterocycles. The first-order valence-corrected chi connectivity index (χ1v) is 7.75. The van der Waals surface area contributed by atoms with Crippen molar-refractivity contribution < 1.29 is 23.8 Å². The molecule has 0 bridgehead atoms. The molecule has 0 saturated carbocycles. The summed E-state index contributed by atoms with van der Waals surface area (Å²) in [6, 6.07) is 7.18. The third-order valence-electron chi connectivity index (χ3n) is 4.50. The number of amides is 2. The number of furan rings is 1. The number of para-hydroxylation sites is 1. The van der Waals surface area contributed by atoms with E-state index in [1.54, 1.807) is 14.0 Å². The maximum atomic E-state index is 12.3. The lowest BCUT2D eigenvalue weighted by molar-refractivity contribution is -0.147. The summed E-state index contributed by atoms with van der Waals surface area (Å²) in [5, 5.41) is 12.9. The van der Waals surface area contributed by atoms with Gasteiger partial charge in [-0.3, -0.25) is 4.79 Å². The summed E-state index contributed by atoms with van der Waals surface area (Å²) in [5.41, 5.74) is -0.188. The minimum Gasteiger partial charge on any atom is -0.492 e. The summed E-state index contributed by atoms with van der Waals surface area (Å²) in [6.07, 6.45) is 0.448. The van der Waals surface area contributed by atoms with Crippen LogP contribution in [0.1, 0.15) is 19.1 Å². The Morgan fingerprint density at radius 2 is 2.17 bits per heavy atom. The van der Waals surface area contributed by atoms with Gasteiger partial charge in [0.2, 0.25) is 0 Å². The van der Waals surface area contributed by atoms with Gasteiger partial charge in [-0.2, -0.15) is 0 Å². The van der Waals surface area contributed by atoms with E-state index >= 15 is 0 Å². The molecule has 7 heteroatoms. The Hall–Kier alpha value is -2.70. The van der Waals surface area contributed by atoms with Gasteiger partial charge in [-0.1, -0.05) is 12.1 Å². The first-order chi connectivity index (χ1) is 11.4. The van der Waals surface area contributed by atoms with E-state index in [0.29, 0.717) is 30.1 Å². The highest BCUT2D eigenvalue weighted by molar-refractivity contribution is 5.85. The fraction of sp³-hybridized carbons (Fsp3) is 0.412. The Bertz CT molecular complexity index is 784. The van der Waals surface area contributed by atoms with E-state index in [2.05, 4.69) is 5.32 Å². The third kappa shape index (κ3) is 2.77. The number of benzene rings is 1. The Morgan fingerprint density at radius 1 is 1.42 bits per heavy atom. The zero-order valence-corrected chi connectivity index (χ0v) is 13.7. The standard InChI is InChI=1S/C17H20N2O5/c1-17(15(20)21)7-8-19(10-17)16(22)18-9-13-14(23-2)11-5-3-4-6-12(11)24-13/h3-6H,7-10H2,1-2H3,(H,18,22)(H,20,21). The molecule has 3 rings (SSSR count). The fourth-order valence-electron chi connectivity index (χ4n) is 2.99. The van der Waals surface area contributed by atoms with E-state index in [9.17, 15) is 14.7 Å². The lowest BCUT2D eigenvalue weighted by atomic mass is 9.90. The molecule has 1 fully saturated rings. The van der Waals surface area contributed by atoms with E-state index < -0.39 is 11.4 Å². The van der Waals surface area contributed by atoms with Crippen LogP contribution < -0.4 is 10.1 Å². The summed E-state index contributed by atoms with van der Waals surface area (Å²) in [7, 11) is 1.56. The second-order valence-corrected chi connectivity index (χ2v) is 6.25. The molecular formula is C17H20N2O5. The van der Waals surface area contributed by atoms with Gasteiger partial charge in [0.15, 0.2) is 11.5 Å². The van der Waals surface area contributed by atoms with Gasteiger partial charge in [0.1, 0.15) is 5.58 Å². The molecule has 1 unspecified atom stereocenters. The summed E-state index contributed by atoms with van der Waals surface area (Å²) in [5.74, 6) is 0.256. The summed E-state index contributed by atoms with van der Waals surface area (Å²) in [6.45, 7) is 2.46. The number of ether oxygens (including phenoxy) is 1.